The van der Waals surface area contributed by atoms with Gasteiger partial charge in [0.15, 0.2) is 0 Å². The van der Waals surface area contributed by atoms with Crippen LogP contribution in [0, 0.1) is 23.6 Å². The molecule has 1 aliphatic rings. The van der Waals surface area contributed by atoms with Crippen LogP contribution in [0.1, 0.15) is 52.9 Å². The van der Waals surface area contributed by atoms with E-state index in [1.54, 1.807) is 12.1 Å². The molecule has 1 aromatic rings. The van der Waals surface area contributed by atoms with Crippen molar-refractivity contribution in [2.75, 3.05) is 5.32 Å². The van der Waals surface area contributed by atoms with Crippen molar-refractivity contribution in [1.29, 1.82) is 0 Å². The van der Waals surface area contributed by atoms with Crippen LogP contribution in [0.3, 0.4) is 0 Å². The molecule has 0 aromatic heterocycles. The van der Waals surface area contributed by atoms with Crippen molar-refractivity contribution < 1.29 is 14.0 Å². The van der Waals surface area contributed by atoms with Gasteiger partial charge in [-0.05, 0) is 56.1 Å². The summed E-state index contributed by atoms with van der Waals surface area (Å²) < 4.78 is 13.8. The van der Waals surface area contributed by atoms with Crippen molar-refractivity contribution in [3.63, 3.8) is 0 Å². The third-order valence-corrected chi connectivity index (χ3v) is 4.86. The van der Waals surface area contributed by atoms with Gasteiger partial charge >= 0.3 is 0 Å². The predicted molar refractivity (Wildman–Crippen MR) is 97.5 cm³/mol. The third-order valence-electron chi connectivity index (χ3n) is 4.86. The second-order valence-corrected chi connectivity index (χ2v) is 7.62. The second kappa shape index (κ2) is 8.97. The predicted octanol–water partition coefficient (Wildman–Crippen LogP) is 4.12. The van der Waals surface area contributed by atoms with Crippen LogP contribution >= 0.6 is 0 Å². The number of hydrogen-bond donors (Lipinski definition) is 2. The number of benzene rings is 1. The van der Waals surface area contributed by atoms with Crippen molar-refractivity contribution in [2.45, 2.75) is 58.9 Å². The van der Waals surface area contributed by atoms with E-state index in [9.17, 15) is 14.0 Å². The highest BCUT2D eigenvalue weighted by molar-refractivity contribution is 5.97. The maximum absolute atomic E-state index is 13.8. The Bertz CT molecular complexity index is 595. The van der Waals surface area contributed by atoms with Gasteiger partial charge in [-0.3, -0.25) is 9.59 Å². The first-order chi connectivity index (χ1) is 11.9. The Kier molecular flexibility index (Phi) is 6.97. The van der Waals surface area contributed by atoms with E-state index in [0.717, 1.165) is 25.7 Å². The van der Waals surface area contributed by atoms with Crippen LogP contribution in [0.5, 0.6) is 0 Å². The van der Waals surface area contributed by atoms with Gasteiger partial charge in [-0.15, -0.1) is 0 Å². The molecule has 1 aliphatic carbocycles. The summed E-state index contributed by atoms with van der Waals surface area (Å²) in [5, 5.41) is 5.50. The number of nitrogens with one attached hydrogen (secondary N) is 2. The first kappa shape index (κ1) is 19.4. The van der Waals surface area contributed by atoms with Crippen LogP contribution < -0.4 is 10.6 Å². The highest BCUT2D eigenvalue weighted by Gasteiger charge is 2.29. The van der Waals surface area contributed by atoms with Crippen LogP contribution in [0.25, 0.3) is 0 Å². The fourth-order valence-electron chi connectivity index (χ4n) is 3.30. The van der Waals surface area contributed by atoms with Crippen molar-refractivity contribution in [3.8, 4) is 0 Å². The lowest BCUT2D eigenvalue weighted by molar-refractivity contribution is -0.130. The van der Waals surface area contributed by atoms with E-state index in [1.165, 1.54) is 12.1 Å². The molecule has 138 valence electrons. The summed E-state index contributed by atoms with van der Waals surface area (Å²) in [6.45, 7) is 6.20. The molecule has 2 N–H and O–H groups in total. The molecule has 0 radical (unpaired) electrons. The molecule has 0 heterocycles. The maximum Gasteiger partial charge on any atom is 0.247 e. The fourth-order valence-corrected chi connectivity index (χ4v) is 3.30. The summed E-state index contributed by atoms with van der Waals surface area (Å²) in [5.41, 5.74) is 0.141. The minimum absolute atomic E-state index is 0.0212. The first-order valence-corrected chi connectivity index (χ1v) is 9.22. The Morgan fingerprint density at radius 2 is 1.80 bits per heavy atom. The van der Waals surface area contributed by atoms with Gasteiger partial charge in [0.1, 0.15) is 11.9 Å². The minimum atomic E-state index is -0.647. The molecule has 1 aromatic carbocycles. The zero-order chi connectivity index (χ0) is 18.4. The highest BCUT2D eigenvalue weighted by Crippen LogP contribution is 2.28. The van der Waals surface area contributed by atoms with Crippen LogP contribution in [0.4, 0.5) is 10.1 Å². The quantitative estimate of drug-likeness (QED) is 0.812. The van der Waals surface area contributed by atoms with Gasteiger partial charge in [0.25, 0.3) is 0 Å². The van der Waals surface area contributed by atoms with Crippen molar-refractivity contribution in [3.05, 3.63) is 30.1 Å². The molecule has 4 nitrogen and oxygen atoms in total. The Hall–Kier alpha value is -1.91. The average molecular weight is 348 g/mol. The monoisotopic (exact) mass is 348 g/mol. The van der Waals surface area contributed by atoms with Crippen LogP contribution in [0.15, 0.2) is 24.3 Å². The first-order valence-electron chi connectivity index (χ1n) is 9.22. The van der Waals surface area contributed by atoms with Gasteiger partial charge in [-0.1, -0.05) is 32.9 Å². The molecule has 0 aliphatic heterocycles. The minimum Gasteiger partial charge on any atom is -0.344 e. The van der Waals surface area contributed by atoms with Gasteiger partial charge in [-0.2, -0.15) is 0 Å². The summed E-state index contributed by atoms with van der Waals surface area (Å²) in [7, 11) is 0. The summed E-state index contributed by atoms with van der Waals surface area (Å²) >= 11 is 0. The normalized spacial score (nSPS) is 21.6. The molecule has 0 saturated heterocycles. The second-order valence-electron chi connectivity index (χ2n) is 7.62. The van der Waals surface area contributed by atoms with Crippen LogP contribution in [-0.4, -0.2) is 17.9 Å². The third kappa shape index (κ3) is 5.83. The molecule has 1 fully saturated rings. The summed E-state index contributed by atoms with van der Waals surface area (Å²) in [6.07, 6.45) is 4.37. The van der Waals surface area contributed by atoms with E-state index < -0.39 is 11.9 Å². The standard InChI is InChI=1S/C20H29FN2O2/c1-13(2)12-18(20(25)22-17-7-5-4-6-16(17)21)23-19(24)15-10-8-14(3)9-11-15/h4-7,13-15,18H,8-12H2,1-3H3,(H,22,25)(H,23,24)/t14?,15?,18-/m1/s1. The van der Waals surface area contributed by atoms with E-state index in [-0.39, 0.29) is 29.3 Å². The van der Waals surface area contributed by atoms with E-state index in [2.05, 4.69) is 17.6 Å². The molecule has 2 amide bonds. The van der Waals surface area contributed by atoms with Crippen LogP contribution in [0.2, 0.25) is 0 Å². The van der Waals surface area contributed by atoms with Crippen LogP contribution in [-0.2, 0) is 9.59 Å². The number of amides is 2. The summed E-state index contributed by atoms with van der Waals surface area (Å²) in [6, 6.07) is 5.41. The van der Waals surface area contributed by atoms with E-state index in [1.807, 2.05) is 13.8 Å². The number of hydrogen-bond acceptors (Lipinski definition) is 2. The Morgan fingerprint density at radius 3 is 2.40 bits per heavy atom. The zero-order valence-electron chi connectivity index (χ0n) is 15.3. The lowest BCUT2D eigenvalue weighted by atomic mass is 9.82. The van der Waals surface area contributed by atoms with Gasteiger partial charge in [0.2, 0.25) is 11.8 Å². The van der Waals surface area contributed by atoms with Crippen molar-refractivity contribution >= 4 is 17.5 Å². The molecule has 0 spiro atoms. The molecular weight excluding hydrogens is 319 g/mol. The summed E-state index contributed by atoms with van der Waals surface area (Å²) in [4.78, 5) is 25.1. The number of halogens is 1. The SMILES string of the molecule is CC(C)C[C@@H](NC(=O)C1CCC(C)CC1)C(=O)Nc1ccccc1F. The van der Waals surface area contributed by atoms with Gasteiger partial charge in [0.05, 0.1) is 5.69 Å². The van der Waals surface area contributed by atoms with Crippen molar-refractivity contribution in [2.24, 2.45) is 17.8 Å². The molecular formula is C20H29FN2O2. The average Bonchev–Trinajstić information content (AvgIpc) is 2.56. The number of para-hydroxylation sites is 1. The molecule has 2 rings (SSSR count). The smallest absolute Gasteiger partial charge is 0.247 e. The molecule has 0 unspecified atom stereocenters. The van der Waals surface area contributed by atoms with E-state index >= 15 is 0 Å². The molecule has 0 bridgehead atoms. The summed E-state index contributed by atoms with van der Waals surface area (Å²) in [5.74, 6) is -0.0145. The Labute approximate surface area is 149 Å². The number of rotatable bonds is 6. The zero-order valence-corrected chi connectivity index (χ0v) is 15.3. The Morgan fingerprint density at radius 1 is 1.16 bits per heavy atom. The largest absolute Gasteiger partial charge is 0.344 e. The molecule has 25 heavy (non-hydrogen) atoms. The number of carbonyl (C=O) groups excluding carboxylic acids is 2. The van der Waals surface area contributed by atoms with E-state index in [4.69, 9.17) is 0 Å². The van der Waals surface area contributed by atoms with Gasteiger partial charge in [0, 0.05) is 5.92 Å². The van der Waals surface area contributed by atoms with Gasteiger partial charge < -0.3 is 10.6 Å². The Balaban J connectivity index is 2.01. The fraction of sp³-hybridized carbons (Fsp3) is 0.600. The topological polar surface area (TPSA) is 58.2 Å². The number of carbonyl (C=O) groups is 2. The lowest BCUT2D eigenvalue weighted by Gasteiger charge is -2.28. The number of anilines is 1. The van der Waals surface area contributed by atoms with E-state index in [0.29, 0.717) is 12.3 Å². The molecule has 1 saturated carbocycles. The maximum atomic E-state index is 13.8. The highest BCUT2D eigenvalue weighted by atomic mass is 19.1. The lowest BCUT2D eigenvalue weighted by Crippen LogP contribution is -2.47. The van der Waals surface area contributed by atoms with Crippen molar-refractivity contribution in [1.82, 2.24) is 5.32 Å². The molecule has 5 heteroatoms. The molecule has 1 atom stereocenters. The van der Waals surface area contributed by atoms with Gasteiger partial charge in [-0.25, -0.2) is 4.39 Å².